The Kier molecular flexibility index (Phi) is 5.77. The number of fused-ring (bicyclic) bond motifs is 2. The van der Waals surface area contributed by atoms with Gasteiger partial charge in [-0.25, -0.2) is 9.78 Å². The largest absolute Gasteiger partial charge is 0.370 e. The van der Waals surface area contributed by atoms with Crippen LogP contribution in [0.3, 0.4) is 0 Å². The zero-order valence-corrected chi connectivity index (χ0v) is 17.7. The van der Waals surface area contributed by atoms with E-state index >= 15 is 0 Å². The normalized spacial score (nSPS) is 22.3. The lowest BCUT2D eigenvalue weighted by Gasteiger charge is -2.24. The molecule has 6 heteroatoms. The zero-order chi connectivity index (χ0) is 20.4. The average Bonchev–Trinajstić information content (AvgIpc) is 3.23. The van der Waals surface area contributed by atoms with Gasteiger partial charge in [0.15, 0.2) is 0 Å². The number of hydrogen-bond donors (Lipinski definition) is 1. The van der Waals surface area contributed by atoms with E-state index in [2.05, 4.69) is 45.1 Å². The van der Waals surface area contributed by atoms with Crippen LogP contribution in [0.2, 0.25) is 0 Å². The molecule has 4 rings (SSSR count). The average molecular weight is 394 g/mol. The van der Waals surface area contributed by atoms with Gasteiger partial charge in [0.2, 0.25) is 0 Å². The number of carbonyl (C=O) groups is 1. The van der Waals surface area contributed by atoms with Crippen molar-refractivity contribution in [3.63, 3.8) is 0 Å². The number of benzene rings is 1. The molecule has 29 heavy (non-hydrogen) atoms. The Balaban J connectivity index is 1.51. The van der Waals surface area contributed by atoms with Gasteiger partial charge in [0.1, 0.15) is 11.8 Å². The highest BCUT2D eigenvalue weighted by molar-refractivity contribution is 5.95. The molecule has 0 spiro atoms. The van der Waals surface area contributed by atoms with Crippen molar-refractivity contribution < 1.29 is 4.79 Å². The first kappa shape index (κ1) is 19.8. The number of para-hydroxylation sites is 1. The van der Waals surface area contributed by atoms with Crippen LogP contribution in [0.15, 0.2) is 24.5 Å². The van der Waals surface area contributed by atoms with Crippen LogP contribution in [0.4, 0.5) is 10.5 Å². The van der Waals surface area contributed by atoms with Gasteiger partial charge in [0.05, 0.1) is 17.7 Å². The first-order valence-electron chi connectivity index (χ1n) is 10.7. The van der Waals surface area contributed by atoms with Crippen LogP contribution in [0.1, 0.15) is 26.7 Å². The number of carbonyl (C=O) groups excluding carboxylic acids is 1. The SMILES string of the molecule is CC(C)C#CCNC(=O)n1cnc2c(N3CCC4CN(C)CC4CC3)cccc21. The van der Waals surface area contributed by atoms with Crippen LogP contribution in [-0.4, -0.2) is 60.3 Å². The maximum absolute atomic E-state index is 12.6. The molecule has 2 atom stereocenters. The summed E-state index contributed by atoms with van der Waals surface area (Å²) in [7, 11) is 2.24. The summed E-state index contributed by atoms with van der Waals surface area (Å²) in [5, 5.41) is 2.86. The molecule has 0 saturated carbocycles. The van der Waals surface area contributed by atoms with Crippen molar-refractivity contribution in [1.82, 2.24) is 19.8 Å². The minimum absolute atomic E-state index is 0.184. The number of nitrogens with one attached hydrogen (secondary N) is 1. The van der Waals surface area contributed by atoms with Crippen molar-refractivity contribution in [3.05, 3.63) is 24.5 Å². The van der Waals surface area contributed by atoms with Crippen molar-refractivity contribution in [1.29, 1.82) is 0 Å². The fourth-order valence-corrected chi connectivity index (χ4v) is 4.72. The van der Waals surface area contributed by atoms with E-state index in [4.69, 9.17) is 0 Å². The van der Waals surface area contributed by atoms with E-state index in [0.29, 0.717) is 12.5 Å². The minimum Gasteiger partial charge on any atom is -0.370 e. The molecule has 2 aromatic rings. The summed E-state index contributed by atoms with van der Waals surface area (Å²) >= 11 is 0. The van der Waals surface area contributed by atoms with Gasteiger partial charge < -0.3 is 15.1 Å². The molecule has 1 amide bonds. The monoisotopic (exact) mass is 393 g/mol. The quantitative estimate of drug-likeness (QED) is 0.797. The molecule has 2 aliphatic rings. The Morgan fingerprint density at radius 1 is 1.24 bits per heavy atom. The maximum atomic E-state index is 12.6. The van der Waals surface area contributed by atoms with Crippen LogP contribution >= 0.6 is 0 Å². The van der Waals surface area contributed by atoms with E-state index in [1.165, 1.54) is 25.9 Å². The summed E-state index contributed by atoms with van der Waals surface area (Å²) in [4.78, 5) is 22.1. The molecule has 0 bridgehead atoms. The maximum Gasteiger partial charge on any atom is 0.328 e. The summed E-state index contributed by atoms with van der Waals surface area (Å²) in [5.74, 6) is 7.97. The van der Waals surface area contributed by atoms with E-state index in [9.17, 15) is 4.79 Å². The van der Waals surface area contributed by atoms with Crippen LogP contribution in [0, 0.1) is 29.6 Å². The highest BCUT2D eigenvalue weighted by Crippen LogP contribution is 2.34. The molecule has 1 aromatic heterocycles. The number of aromatic nitrogens is 2. The van der Waals surface area contributed by atoms with Gasteiger partial charge in [0, 0.05) is 32.1 Å². The Morgan fingerprint density at radius 2 is 1.97 bits per heavy atom. The second-order valence-electron chi connectivity index (χ2n) is 8.70. The van der Waals surface area contributed by atoms with Crippen LogP contribution in [-0.2, 0) is 0 Å². The lowest BCUT2D eigenvalue weighted by molar-refractivity contribution is 0.244. The Bertz CT molecular complexity index is 922. The van der Waals surface area contributed by atoms with Crippen molar-refractivity contribution in [2.45, 2.75) is 26.7 Å². The van der Waals surface area contributed by atoms with Crippen molar-refractivity contribution in [2.75, 3.05) is 44.7 Å². The molecular weight excluding hydrogens is 362 g/mol. The number of rotatable bonds is 2. The smallest absolute Gasteiger partial charge is 0.328 e. The standard InChI is InChI=1S/C23H31N5O/c1-17(2)6-5-11-24-23(29)28-16-25-22-20(7-4-8-21(22)28)27-12-9-18-14-26(3)15-19(18)10-13-27/h4,7-8,16-19H,9-15H2,1-3H3,(H,24,29). The van der Waals surface area contributed by atoms with Gasteiger partial charge in [0.25, 0.3) is 0 Å². The Morgan fingerprint density at radius 3 is 2.66 bits per heavy atom. The molecule has 0 aliphatic carbocycles. The predicted octanol–water partition coefficient (Wildman–Crippen LogP) is 3.03. The Hall–Kier alpha value is -2.52. The number of likely N-dealkylation sites (tertiary alicyclic amines) is 1. The van der Waals surface area contributed by atoms with E-state index in [1.54, 1.807) is 10.9 Å². The van der Waals surface area contributed by atoms with Gasteiger partial charge >= 0.3 is 6.03 Å². The summed E-state index contributed by atoms with van der Waals surface area (Å²) < 4.78 is 1.59. The van der Waals surface area contributed by atoms with Gasteiger partial charge in [-0.2, -0.15) is 0 Å². The molecule has 1 aromatic carbocycles. The molecule has 2 unspecified atom stereocenters. The molecule has 3 heterocycles. The summed E-state index contributed by atoms with van der Waals surface area (Å²) in [6.07, 6.45) is 4.07. The number of hydrogen-bond acceptors (Lipinski definition) is 4. The van der Waals surface area contributed by atoms with E-state index in [0.717, 1.165) is 41.6 Å². The zero-order valence-electron chi connectivity index (χ0n) is 17.7. The third-order valence-corrected chi connectivity index (χ3v) is 6.13. The number of imidazole rings is 1. The lowest BCUT2D eigenvalue weighted by atomic mass is 9.92. The molecule has 2 aliphatic heterocycles. The van der Waals surface area contributed by atoms with Gasteiger partial charge in [-0.05, 0) is 43.9 Å². The molecule has 154 valence electrons. The molecule has 6 nitrogen and oxygen atoms in total. The second kappa shape index (κ2) is 8.46. The van der Waals surface area contributed by atoms with Crippen LogP contribution in [0.5, 0.6) is 0 Å². The lowest BCUT2D eigenvalue weighted by Crippen LogP contribution is -2.28. The number of amides is 1. The number of nitrogens with zero attached hydrogens (tertiary/aromatic N) is 4. The van der Waals surface area contributed by atoms with Crippen LogP contribution < -0.4 is 10.2 Å². The number of anilines is 1. The van der Waals surface area contributed by atoms with E-state index in [1.807, 2.05) is 26.0 Å². The Labute approximate surface area is 173 Å². The summed E-state index contributed by atoms with van der Waals surface area (Å²) in [5.41, 5.74) is 2.89. The first-order valence-corrected chi connectivity index (χ1v) is 10.7. The highest BCUT2D eigenvalue weighted by atomic mass is 16.2. The van der Waals surface area contributed by atoms with Crippen molar-refractivity contribution in [3.8, 4) is 11.8 Å². The third kappa shape index (κ3) is 4.25. The highest BCUT2D eigenvalue weighted by Gasteiger charge is 2.33. The molecule has 2 saturated heterocycles. The first-order chi connectivity index (χ1) is 14.0. The van der Waals surface area contributed by atoms with Gasteiger partial charge in [-0.15, -0.1) is 0 Å². The third-order valence-electron chi connectivity index (χ3n) is 6.13. The van der Waals surface area contributed by atoms with Crippen molar-refractivity contribution in [2.24, 2.45) is 17.8 Å². The van der Waals surface area contributed by atoms with Crippen LogP contribution in [0.25, 0.3) is 11.0 Å². The fourth-order valence-electron chi connectivity index (χ4n) is 4.72. The van der Waals surface area contributed by atoms with Gasteiger partial charge in [-0.3, -0.25) is 4.57 Å². The fraction of sp³-hybridized carbons (Fsp3) is 0.565. The molecule has 2 fully saturated rings. The molecule has 0 radical (unpaired) electrons. The minimum atomic E-state index is -0.184. The molecular formula is C23H31N5O. The topological polar surface area (TPSA) is 53.4 Å². The summed E-state index contributed by atoms with van der Waals surface area (Å²) in [6, 6.07) is 5.95. The second-order valence-corrected chi connectivity index (χ2v) is 8.70. The van der Waals surface area contributed by atoms with E-state index < -0.39 is 0 Å². The molecule has 1 N–H and O–H groups in total. The summed E-state index contributed by atoms with van der Waals surface area (Å²) in [6.45, 7) is 8.96. The van der Waals surface area contributed by atoms with Crippen molar-refractivity contribution >= 4 is 22.8 Å². The predicted molar refractivity (Wildman–Crippen MR) is 117 cm³/mol. The van der Waals surface area contributed by atoms with Gasteiger partial charge in [-0.1, -0.05) is 31.8 Å². The van der Waals surface area contributed by atoms with E-state index in [-0.39, 0.29) is 6.03 Å².